The second-order valence-electron chi connectivity index (χ2n) is 3.28. The molecule has 1 rings (SSSR count). The van der Waals surface area contributed by atoms with E-state index in [2.05, 4.69) is 5.32 Å². The van der Waals surface area contributed by atoms with Gasteiger partial charge in [0.15, 0.2) is 0 Å². The van der Waals surface area contributed by atoms with Crippen LogP contribution in [-0.4, -0.2) is 30.6 Å². The number of ether oxygens (including phenoxy) is 1. The standard InChI is InChI=1S/C11H12ClNO4/c1-17-9-3-2-7(6-8(9)12)4-5-13-10(14)11(15)16/h2-3,6H,4-5H2,1H3,(H,13,14)(H,15,16). The molecule has 1 aromatic carbocycles. The van der Waals surface area contributed by atoms with Gasteiger partial charge < -0.3 is 15.2 Å². The van der Waals surface area contributed by atoms with Crippen LogP contribution in [0.4, 0.5) is 0 Å². The first-order valence-electron chi connectivity index (χ1n) is 4.88. The van der Waals surface area contributed by atoms with Gasteiger partial charge in [-0.25, -0.2) is 4.79 Å². The highest BCUT2D eigenvalue weighted by molar-refractivity contribution is 6.32. The smallest absolute Gasteiger partial charge is 0.394 e. The SMILES string of the molecule is COc1ccc(CCNC(=O)C(=O)O)cc1Cl. The van der Waals surface area contributed by atoms with Crippen molar-refractivity contribution in [2.75, 3.05) is 13.7 Å². The average Bonchev–Trinajstić information content (AvgIpc) is 2.29. The topological polar surface area (TPSA) is 75.6 Å². The number of carboxylic acids is 1. The summed E-state index contributed by atoms with van der Waals surface area (Å²) in [5.41, 5.74) is 0.890. The Morgan fingerprint density at radius 1 is 1.47 bits per heavy atom. The van der Waals surface area contributed by atoms with Gasteiger partial charge >= 0.3 is 11.9 Å². The zero-order chi connectivity index (χ0) is 12.8. The Morgan fingerprint density at radius 3 is 2.71 bits per heavy atom. The number of nitrogens with one attached hydrogen (secondary N) is 1. The highest BCUT2D eigenvalue weighted by Crippen LogP contribution is 2.24. The second kappa shape index (κ2) is 6.10. The number of halogens is 1. The summed E-state index contributed by atoms with van der Waals surface area (Å²) in [5, 5.41) is 11.1. The lowest BCUT2D eigenvalue weighted by molar-refractivity contribution is -0.150. The van der Waals surface area contributed by atoms with E-state index in [9.17, 15) is 9.59 Å². The van der Waals surface area contributed by atoms with Crippen LogP contribution in [-0.2, 0) is 16.0 Å². The summed E-state index contributed by atoms with van der Waals surface area (Å²) in [4.78, 5) is 21.0. The number of rotatable bonds is 4. The molecule has 0 radical (unpaired) electrons. The van der Waals surface area contributed by atoms with Crippen molar-refractivity contribution in [2.45, 2.75) is 6.42 Å². The van der Waals surface area contributed by atoms with E-state index in [-0.39, 0.29) is 6.54 Å². The summed E-state index contributed by atoms with van der Waals surface area (Å²) in [5.74, 6) is -1.92. The number of hydrogen-bond acceptors (Lipinski definition) is 3. The summed E-state index contributed by atoms with van der Waals surface area (Å²) in [7, 11) is 1.52. The molecule has 92 valence electrons. The number of hydrogen-bond donors (Lipinski definition) is 2. The molecule has 1 amide bonds. The van der Waals surface area contributed by atoms with Gasteiger partial charge in [0.25, 0.3) is 0 Å². The number of carbonyl (C=O) groups is 2. The number of carboxylic acid groups (broad SMARTS) is 1. The fraction of sp³-hybridized carbons (Fsp3) is 0.273. The first kappa shape index (κ1) is 13.3. The fourth-order valence-corrected chi connectivity index (χ4v) is 1.54. The molecule has 1 aromatic rings. The summed E-state index contributed by atoms with van der Waals surface area (Å²) in [6.07, 6.45) is 0.503. The van der Waals surface area contributed by atoms with Crippen molar-refractivity contribution < 1.29 is 19.4 Å². The summed E-state index contributed by atoms with van der Waals surface area (Å²) >= 11 is 5.91. The van der Waals surface area contributed by atoms with Crippen molar-refractivity contribution in [3.63, 3.8) is 0 Å². The summed E-state index contributed by atoms with van der Waals surface area (Å²) < 4.78 is 4.99. The molecule has 6 heteroatoms. The van der Waals surface area contributed by atoms with Gasteiger partial charge in [0.2, 0.25) is 0 Å². The van der Waals surface area contributed by atoms with Gasteiger partial charge in [-0.1, -0.05) is 17.7 Å². The molecular weight excluding hydrogens is 246 g/mol. The number of aliphatic carboxylic acids is 1. The third kappa shape index (κ3) is 3.96. The lowest BCUT2D eigenvalue weighted by atomic mass is 10.1. The van der Waals surface area contributed by atoms with Gasteiger partial charge in [-0.05, 0) is 24.1 Å². The molecule has 0 spiro atoms. The quantitative estimate of drug-likeness (QED) is 0.792. The van der Waals surface area contributed by atoms with Gasteiger partial charge in [-0.3, -0.25) is 4.79 Å². The number of amides is 1. The van der Waals surface area contributed by atoms with Gasteiger partial charge in [-0.2, -0.15) is 0 Å². The summed E-state index contributed by atoms with van der Waals surface area (Å²) in [6.45, 7) is 0.244. The van der Waals surface area contributed by atoms with E-state index in [1.54, 1.807) is 18.2 Å². The highest BCUT2D eigenvalue weighted by Gasteiger charge is 2.09. The Kier molecular flexibility index (Phi) is 4.78. The molecule has 0 atom stereocenters. The van der Waals surface area contributed by atoms with E-state index >= 15 is 0 Å². The highest BCUT2D eigenvalue weighted by atomic mass is 35.5. The van der Waals surface area contributed by atoms with E-state index in [0.29, 0.717) is 17.2 Å². The monoisotopic (exact) mass is 257 g/mol. The average molecular weight is 258 g/mol. The third-order valence-corrected chi connectivity index (χ3v) is 2.41. The van der Waals surface area contributed by atoms with Crippen molar-refractivity contribution in [3.05, 3.63) is 28.8 Å². The van der Waals surface area contributed by atoms with Crippen molar-refractivity contribution in [3.8, 4) is 5.75 Å². The molecule has 0 fully saturated rings. The number of benzene rings is 1. The normalized spacial score (nSPS) is 9.76. The first-order valence-corrected chi connectivity index (χ1v) is 5.26. The maximum atomic E-state index is 10.7. The van der Waals surface area contributed by atoms with E-state index in [1.165, 1.54) is 7.11 Å². The van der Waals surface area contributed by atoms with Crippen LogP contribution >= 0.6 is 11.6 Å². The summed E-state index contributed by atoms with van der Waals surface area (Å²) in [6, 6.07) is 5.24. The predicted molar refractivity (Wildman–Crippen MR) is 62.4 cm³/mol. The van der Waals surface area contributed by atoms with Crippen LogP contribution in [0, 0.1) is 0 Å². The van der Waals surface area contributed by atoms with Crippen LogP contribution in [0.25, 0.3) is 0 Å². The Morgan fingerprint density at radius 2 is 2.18 bits per heavy atom. The lowest BCUT2D eigenvalue weighted by Crippen LogP contribution is -2.32. The molecule has 0 unspecified atom stereocenters. The largest absolute Gasteiger partial charge is 0.495 e. The number of methoxy groups -OCH3 is 1. The molecule has 2 N–H and O–H groups in total. The molecule has 5 nitrogen and oxygen atoms in total. The van der Waals surface area contributed by atoms with E-state index in [4.69, 9.17) is 21.4 Å². The van der Waals surface area contributed by atoms with Crippen molar-refractivity contribution >= 4 is 23.5 Å². The lowest BCUT2D eigenvalue weighted by Gasteiger charge is -2.06. The first-order chi connectivity index (χ1) is 8.04. The van der Waals surface area contributed by atoms with Crippen LogP contribution in [0.1, 0.15) is 5.56 Å². The van der Waals surface area contributed by atoms with E-state index < -0.39 is 11.9 Å². The van der Waals surface area contributed by atoms with Gasteiger partial charge in [0.05, 0.1) is 12.1 Å². The molecule has 0 aliphatic heterocycles. The Bertz CT molecular complexity index is 433. The Hall–Kier alpha value is -1.75. The van der Waals surface area contributed by atoms with Crippen molar-refractivity contribution in [2.24, 2.45) is 0 Å². The van der Waals surface area contributed by atoms with Crippen LogP contribution in [0.2, 0.25) is 5.02 Å². The van der Waals surface area contributed by atoms with Crippen molar-refractivity contribution in [1.29, 1.82) is 0 Å². The van der Waals surface area contributed by atoms with Gasteiger partial charge in [0.1, 0.15) is 5.75 Å². The molecule has 0 saturated carbocycles. The molecule has 0 aliphatic carbocycles. The Labute approximate surface area is 103 Å². The van der Waals surface area contributed by atoms with Crippen LogP contribution < -0.4 is 10.1 Å². The second-order valence-corrected chi connectivity index (χ2v) is 3.69. The predicted octanol–water partition coefficient (Wildman–Crippen LogP) is 1.09. The van der Waals surface area contributed by atoms with E-state index in [0.717, 1.165) is 5.56 Å². The maximum absolute atomic E-state index is 10.7. The zero-order valence-electron chi connectivity index (χ0n) is 9.20. The van der Waals surface area contributed by atoms with Crippen LogP contribution in [0.5, 0.6) is 5.75 Å². The number of carbonyl (C=O) groups excluding carboxylic acids is 1. The third-order valence-electron chi connectivity index (χ3n) is 2.11. The minimum absolute atomic E-state index is 0.244. The molecular formula is C11H12ClNO4. The minimum atomic E-state index is -1.49. The maximum Gasteiger partial charge on any atom is 0.394 e. The molecule has 0 saturated heterocycles. The van der Waals surface area contributed by atoms with E-state index in [1.807, 2.05) is 0 Å². The van der Waals surface area contributed by atoms with Crippen LogP contribution in [0.3, 0.4) is 0 Å². The van der Waals surface area contributed by atoms with Gasteiger partial charge in [0, 0.05) is 6.54 Å². The molecule has 0 bridgehead atoms. The molecule has 0 aliphatic rings. The van der Waals surface area contributed by atoms with Crippen molar-refractivity contribution in [1.82, 2.24) is 5.32 Å². The molecule has 0 aromatic heterocycles. The molecule has 17 heavy (non-hydrogen) atoms. The van der Waals surface area contributed by atoms with Gasteiger partial charge in [-0.15, -0.1) is 0 Å². The fourth-order valence-electron chi connectivity index (χ4n) is 1.26. The minimum Gasteiger partial charge on any atom is -0.495 e. The Balaban J connectivity index is 2.50. The molecule has 0 heterocycles. The van der Waals surface area contributed by atoms with Crippen LogP contribution in [0.15, 0.2) is 18.2 Å². The zero-order valence-corrected chi connectivity index (χ0v) is 9.95.